The van der Waals surface area contributed by atoms with E-state index in [1.807, 2.05) is 0 Å². The molecule has 0 fully saturated rings. The van der Waals surface area contributed by atoms with E-state index in [2.05, 4.69) is 0 Å². The molecular weight excluding hydrogens is 284 g/mol. The minimum absolute atomic E-state index is 0.0400. The van der Waals surface area contributed by atoms with E-state index in [1.54, 1.807) is 36.4 Å². The number of ether oxygens (including phenoxy) is 2. The average molecular weight is 300 g/mol. The van der Waals surface area contributed by atoms with Gasteiger partial charge in [0.15, 0.2) is 0 Å². The van der Waals surface area contributed by atoms with E-state index in [0.29, 0.717) is 22.5 Å². The Kier molecular flexibility index (Phi) is 4.98. The SMILES string of the molecule is Nc1cccc(C(=O)OCCOC(=O)c2cccc(N)c2)c1. The first-order valence-electron chi connectivity index (χ1n) is 6.61. The van der Waals surface area contributed by atoms with Crippen LogP contribution in [0.15, 0.2) is 48.5 Å². The van der Waals surface area contributed by atoms with E-state index < -0.39 is 11.9 Å². The molecule has 2 aromatic carbocycles. The van der Waals surface area contributed by atoms with Crippen LogP contribution in [0, 0.1) is 0 Å². The third-order valence-corrected chi connectivity index (χ3v) is 2.79. The maximum Gasteiger partial charge on any atom is 0.338 e. The van der Waals surface area contributed by atoms with E-state index >= 15 is 0 Å². The summed E-state index contributed by atoms with van der Waals surface area (Å²) < 4.78 is 9.99. The molecule has 0 aliphatic heterocycles. The predicted molar refractivity (Wildman–Crippen MR) is 82.3 cm³/mol. The summed E-state index contributed by atoms with van der Waals surface area (Å²) in [5.41, 5.74) is 12.8. The molecule has 0 saturated carbocycles. The fraction of sp³-hybridized carbons (Fsp3) is 0.125. The molecule has 0 aromatic heterocycles. The number of esters is 2. The van der Waals surface area contributed by atoms with Crippen molar-refractivity contribution in [2.24, 2.45) is 0 Å². The molecule has 2 rings (SSSR count). The molecule has 6 heteroatoms. The van der Waals surface area contributed by atoms with Gasteiger partial charge in [0.1, 0.15) is 13.2 Å². The minimum Gasteiger partial charge on any atom is -0.458 e. The quantitative estimate of drug-likeness (QED) is 0.496. The first kappa shape index (κ1) is 15.4. The smallest absolute Gasteiger partial charge is 0.338 e. The van der Waals surface area contributed by atoms with Crippen molar-refractivity contribution in [3.05, 3.63) is 59.7 Å². The van der Waals surface area contributed by atoms with Gasteiger partial charge in [-0.2, -0.15) is 0 Å². The second-order valence-electron chi connectivity index (χ2n) is 4.52. The number of benzene rings is 2. The normalized spacial score (nSPS) is 10.0. The van der Waals surface area contributed by atoms with Crippen LogP contribution in [0.25, 0.3) is 0 Å². The van der Waals surface area contributed by atoms with Crippen LogP contribution in [0.5, 0.6) is 0 Å². The van der Waals surface area contributed by atoms with E-state index in [-0.39, 0.29) is 13.2 Å². The highest BCUT2D eigenvalue weighted by Gasteiger charge is 2.09. The Morgan fingerprint density at radius 1 is 0.773 bits per heavy atom. The lowest BCUT2D eigenvalue weighted by Crippen LogP contribution is -2.14. The maximum absolute atomic E-state index is 11.7. The molecule has 0 heterocycles. The van der Waals surface area contributed by atoms with Gasteiger partial charge in [-0.05, 0) is 36.4 Å². The van der Waals surface area contributed by atoms with Gasteiger partial charge in [0.05, 0.1) is 11.1 Å². The molecule has 0 saturated heterocycles. The van der Waals surface area contributed by atoms with Crippen molar-refractivity contribution in [3.63, 3.8) is 0 Å². The van der Waals surface area contributed by atoms with Crippen LogP contribution < -0.4 is 11.5 Å². The molecule has 0 amide bonds. The van der Waals surface area contributed by atoms with Crippen molar-refractivity contribution < 1.29 is 19.1 Å². The largest absolute Gasteiger partial charge is 0.458 e. The number of anilines is 2. The number of hydrogen-bond acceptors (Lipinski definition) is 6. The molecule has 4 N–H and O–H groups in total. The Labute approximate surface area is 127 Å². The zero-order valence-corrected chi connectivity index (χ0v) is 11.8. The lowest BCUT2D eigenvalue weighted by molar-refractivity contribution is 0.0266. The Balaban J connectivity index is 1.77. The van der Waals surface area contributed by atoms with Crippen molar-refractivity contribution >= 4 is 23.3 Å². The topological polar surface area (TPSA) is 105 Å². The molecule has 114 valence electrons. The summed E-state index contributed by atoms with van der Waals surface area (Å²) in [6, 6.07) is 12.9. The van der Waals surface area contributed by atoms with Gasteiger partial charge in [-0.25, -0.2) is 9.59 Å². The van der Waals surface area contributed by atoms with Gasteiger partial charge in [-0.15, -0.1) is 0 Å². The van der Waals surface area contributed by atoms with Gasteiger partial charge in [-0.3, -0.25) is 0 Å². The number of hydrogen-bond donors (Lipinski definition) is 2. The minimum atomic E-state index is -0.521. The Bertz CT molecular complexity index is 626. The summed E-state index contributed by atoms with van der Waals surface area (Å²) in [6.07, 6.45) is 0. The third-order valence-electron chi connectivity index (χ3n) is 2.79. The summed E-state index contributed by atoms with van der Waals surface area (Å²) in [5, 5.41) is 0. The number of rotatable bonds is 5. The summed E-state index contributed by atoms with van der Waals surface area (Å²) >= 11 is 0. The Morgan fingerprint density at radius 2 is 1.18 bits per heavy atom. The van der Waals surface area contributed by atoms with Gasteiger partial charge < -0.3 is 20.9 Å². The van der Waals surface area contributed by atoms with Gasteiger partial charge in [0.25, 0.3) is 0 Å². The Morgan fingerprint density at radius 3 is 1.55 bits per heavy atom. The van der Waals surface area contributed by atoms with Crippen molar-refractivity contribution in [2.75, 3.05) is 24.7 Å². The molecule has 0 unspecified atom stereocenters. The first-order valence-corrected chi connectivity index (χ1v) is 6.61. The molecule has 0 spiro atoms. The number of carbonyl (C=O) groups is 2. The predicted octanol–water partition coefficient (Wildman–Crippen LogP) is 1.86. The second kappa shape index (κ2) is 7.12. The molecule has 0 aliphatic carbocycles. The molecule has 0 aliphatic rings. The van der Waals surface area contributed by atoms with Gasteiger partial charge >= 0.3 is 11.9 Å². The Hall–Kier alpha value is -3.02. The first-order chi connectivity index (χ1) is 10.6. The molecule has 0 atom stereocenters. The fourth-order valence-electron chi connectivity index (χ4n) is 1.77. The fourth-order valence-corrected chi connectivity index (χ4v) is 1.77. The van der Waals surface area contributed by atoms with Crippen LogP contribution in [-0.4, -0.2) is 25.2 Å². The van der Waals surface area contributed by atoms with Gasteiger partial charge in [0.2, 0.25) is 0 Å². The molecule has 22 heavy (non-hydrogen) atoms. The summed E-state index contributed by atoms with van der Waals surface area (Å²) in [5.74, 6) is -1.04. The molecule has 0 bridgehead atoms. The van der Waals surface area contributed by atoms with E-state index in [0.717, 1.165) is 0 Å². The van der Waals surface area contributed by atoms with Crippen LogP contribution >= 0.6 is 0 Å². The van der Waals surface area contributed by atoms with Crippen LogP contribution in [-0.2, 0) is 9.47 Å². The highest BCUT2D eigenvalue weighted by atomic mass is 16.6. The highest BCUT2D eigenvalue weighted by molar-refractivity contribution is 5.91. The van der Waals surface area contributed by atoms with Gasteiger partial charge in [0, 0.05) is 11.4 Å². The summed E-state index contributed by atoms with van der Waals surface area (Å²) in [4.78, 5) is 23.4. The standard InChI is InChI=1S/C16H16N2O4/c17-13-5-1-3-11(9-13)15(19)21-7-8-22-16(20)12-4-2-6-14(18)10-12/h1-6,9-10H,7-8,17-18H2. The maximum atomic E-state index is 11.7. The molecule has 2 aromatic rings. The lowest BCUT2D eigenvalue weighted by atomic mass is 10.2. The zero-order valence-electron chi connectivity index (χ0n) is 11.8. The van der Waals surface area contributed by atoms with Crippen molar-refractivity contribution in [2.45, 2.75) is 0 Å². The zero-order chi connectivity index (χ0) is 15.9. The van der Waals surface area contributed by atoms with Crippen LogP contribution in [0.3, 0.4) is 0 Å². The highest BCUT2D eigenvalue weighted by Crippen LogP contribution is 2.09. The summed E-state index contributed by atoms with van der Waals surface area (Å²) in [6.45, 7) is -0.0800. The van der Waals surface area contributed by atoms with Crippen LogP contribution in [0.2, 0.25) is 0 Å². The summed E-state index contributed by atoms with van der Waals surface area (Å²) in [7, 11) is 0. The van der Waals surface area contributed by atoms with E-state index in [4.69, 9.17) is 20.9 Å². The van der Waals surface area contributed by atoms with Gasteiger partial charge in [-0.1, -0.05) is 12.1 Å². The number of nitrogens with two attached hydrogens (primary N) is 2. The molecular formula is C16H16N2O4. The molecule has 6 nitrogen and oxygen atoms in total. The lowest BCUT2D eigenvalue weighted by Gasteiger charge is -2.07. The monoisotopic (exact) mass is 300 g/mol. The van der Waals surface area contributed by atoms with Crippen molar-refractivity contribution in [1.29, 1.82) is 0 Å². The third kappa shape index (κ3) is 4.24. The average Bonchev–Trinajstić information content (AvgIpc) is 2.51. The molecule has 0 radical (unpaired) electrons. The number of nitrogen functional groups attached to an aromatic ring is 2. The van der Waals surface area contributed by atoms with Crippen LogP contribution in [0.1, 0.15) is 20.7 Å². The van der Waals surface area contributed by atoms with Crippen molar-refractivity contribution in [1.82, 2.24) is 0 Å². The number of carbonyl (C=O) groups excluding carboxylic acids is 2. The van der Waals surface area contributed by atoms with Crippen molar-refractivity contribution in [3.8, 4) is 0 Å². The van der Waals surface area contributed by atoms with Crippen LogP contribution in [0.4, 0.5) is 11.4 Å². The van der Waals surface area contributed by atoms with E-state index in [1.165, 1.54) is 12.1 Å². The van der Waals surface area contributed by atoms with E-state index in [9.17, 15) is 9.59 Å². The second-order valence-corrected chi connectivity index (χ2v) is 4.52.